The van der Waals surface area contributed by atoms with E-state index in [-0.39, 0.29) is 18.2 Å². The lowest BCUT2D eigenvalue weighted by atomic mass is 9.82. The molecular weight excluding hydrogens is 358 g/mol. The van der Waals surface area contributed by atoms with Crippen LogP contribution in [0.2, 0.25) is 0 Å². The van der Waals surface area contributed by atoms with E-state index in [2.05, 4.69) is 20.1 Å². The van der Waals surface area contributed by atoms with Crippen molar-refractivity contribution >= 4 is 5.91 Å². The average Bonchev–Trinajstić information content (AvgIpc) is 3.38. The van der Waals surface area contributed by atoms with Gasteiger partial charge in [-0.1, -0.05) is 31.3 Å². The monoisotopic (exact) mass is 385 g/mol. The van der Waals surface area contributed by atoms with Gasteiger partial charge in [0.1, 0.15) is 6.33 Å². The Morgan fingerprint density at radius 1 is 1.36 bits per heavy atom. The lowest BCUT2D eigenvalue weighted by Crippen LogP contribution is -2.39. The Balaban J connectivity index is 1.46. The van der Waals surface area contributed by atoms with Gasteiger partial charge in [-0.3, -0.25) is 4.79 Å². The SMILES string of the molecule is CCc1nc(-c2cncnc2[C@@H]2CCN(C(=O)CC3(O)CCCCC3)C2)no1. The van der Waals surface area contributed by atoms with Crippen molar-refractivity contribution in [2.24, 2.45) is 0 Å². The van der Waals surface area contributed by atoms with Crippen LogP contribution in [0.1, 0.15) is 69.4 Å². The summed E-state index contributed by atoms with van der Waals surface area (Å²) in [5.74, 6) is 1.21. The van der Waals surface area contributed by atoms with Crippen LogP contribution in [0, 0.1) is 0 Å². The van der Waals surface area contributed by atoms with Crippen molar-refractivity contribution in [2.45, 2.75) is 69.8 Å². The number of likely N-dealkylation sites (tertiary alicyclic amines) is 1. The second kappa shape index (κ2) is 7.95. The van der Waals surface area contributed by atoms with Crippen molar-refractivity contribution in [1.29, 1.82) is 0 Å². The first kappa shape index (κ1) is 19.0. The highest BCUT2D eigenvalue weighted by Crippen LogP contribution is 2.35. The van der Waals surface area contributed by atoms with Crippen LogP contribution in [0.3, 0.4) is 0 Å². The van der Waals surface area contributed by atoms with Crippen LogP contribution < -0.4 is 0 Å². The van der Waals surface area contributed by atoms with E-state index in [0.717, 1.165) is 49.8 Å². The molecule has 0 bridgehead atoms. The smallest absolute Gasteiger partial charge is 0.226 e. The van der Waals surface area contributed by atoms with Gasteiger partial charge < -0.3 is 14.5 Å². The van der Waals surface area contributed by atoms with Gasteiger partial charge in [0, 0.05) is 31.6 Å². The lowest BCUT2D eigenvalue weighted by molar-refractivity contribution is -0.136. The van der Waals surface area contributed by atoms with Crippen molar-refractivity contribution in [3.8, 4) is 11.4 Å². The van der Waals surface area contributed by atoms with E-state index in [0.29, 0.717) is 31.2 Å². The third-order valence-electron chi connectivity index (χ3n) is 5.95. The van der Waals surface area contributed by atoms with E-state index >= 15 is 0 Å². The van der Waals surface area contributed by atoms with Crippen LogP contribution in [0.25, 0.3) is 11.4 Å². The zero-order valence-corrected chi connectivity index (χ0v) is 16.3. The number of aryl methyl sites for hydroxylation is 1. The van der Waals surface area contributed by atoms with Crippen LogP contribution in [-0.2, 0) is 11.2 Å². The summed E-state index contributed by atoms with van der Waals surface area (Å²) in [6.07, 6.45) is 9.55. The quantitative estimate of drug-likeness (QED) is 0.843. The molecule has 8 nitrogen and oxygen atoms in total. The van der Waals surface area contributed by atoms with Crippen molar-refractivity contribution in [3.63, 3.8) is 0 Å². The molecule has 8 heteroatoms. The van der Waals surface area contributed by atoms with Crippen LogP contribution in [0.5, 0.6) is 0 Å². The maximum atomic E-state index is 12.8. The minimum atomic E-state index is -0.825. The fourth-order valence-corrected chi connectivity index (χ4v) is 4.33. The Morgan fingerprint density at radius 2 is 2.18 bits per heavy atom. The molecule has 1 aliphatic heterocycles. The third kappa shape index (κ3) is 3.92. The van der Waals surface area contributed by atoms with Gasteiger partial charge >= 0.3 is 0 Å². The van der Waals surface area contributed by atoms with Crippen molar-refractivity contribution in [1.82, 2.24) is 25.0 Å². The molecule has 1 saturated carbocycles. The summed E-state index contributed by atoms with van der Waals surface area (Å²) in [6, 6.07) is 0. The number of carbonyl (C=O) groups is 1. The molecular formula is C20H27N5O3. The van der Waals surface area contributed by atoms with Gasteiger partial charge in [-0.15, -0.1) is 0 Å². The number of hydrogen-bond acceptors (Lipinski definition) is 7. The molecule has 150 valence electrons. The zero-order chi connectivity index (χ0) is 19.6. The van der Waals surface area contributed by atoms with Gasteiger partial charge in [0.2, 0.25) is 17.6 Å². The van der Waals surface area contributed by atoms with Gasteiger partial charge in [-0.05, 0) is 19.3 Å². The molecule has 0 unspecified atom stereocenters. The van der Waals surface area contributed by atoms with E-state index < -0.39 is 5.60 Å². The predicted molar refractivity (Wildman–Crippen MR) is 101 cm³/mol. The molecule has 4 rings (SSSR count). The summed E-state index contributed by atoms with van der Waals surface area (Å²) in [7, 11) is 0. The number of rotatable bonds is 5. The van der Waals surface area contributed by atoms with Crippen LogP contribution in [0.15, 0.2) is 17.0 Å². The van der Waals surface area contributed by atoms with Crippen molar-refractivity contribution in [3.05, 3.63) is 24.1 Å². The molecule has 0 spiro atoms. The highest BCUT2D eigenvalue weighted by molar-refractivity contribution is 5.77. The van der Waals surface area contributed by atoms with E-state index in [4.69, 9.17) is 4.52 Å². The molecule has 2 fully saturated rings. The lowest BCUT2D eigenvalue weighted by Gasteiger charge is -2.32. The second-order valence-electron chi connectivity index (χ2n) is 7.97. The van der Waals surface area contributed by atoms with E-state index in [9.17, 15) is 9.90 Å². The normalized spacial score (nSPS) is 21.8. The summed E-state index contributed by atoms with van der Waals surface area (Å²) < 4.78 is 5.23. The largest absolute Gasteiger partial charge is 0.389 e. The van der Waals surface area contributed by atoms with Crippen LogP contribution >= 0.6 is 0 Å². The minimum Gasteiger partial charge on any atom is -0.389 e. The first-order chi connectivity index (χ1) is 13.6. The maximum Gasteiger partial charge on any atom is 0.226 e. The number of aromatic nitrogens is 4. The van der Waals surface area contributed by atoms with Gasteiger partial charge in [0.15, 0.2) is 0 Å². The van der Waals surface area contributed by atoms with Crippen molar-refractivity contribution in [2.75, 3.05) is 13.1 Å². The summed E-state index contributed by atoms with van der Waals surface area (Å²) in [5.41, 5.74) is 0.788. The molecule has 0 aromatic carbocycles. The molecule has 1 N–H and O–H groups in total. The maximum absolute atomic E-state index is 12.8. The summed E-state index contributed by atoms with van der Waals surface area (Å²) in [5, 5.41) is 14.8. The summed E-state index contributed by atoms with van der Waals surface area (Å²) in [6.45, 7) is 3.23. The van der Waals surface area contributed by atoms with E-state index in [1.54, 1.807) is 6.20 Å². The average molecular weight is 385 g/mol. The number of amides is 1. The summed E-state index contributed by atoms with van der Waals surface area (Å²) in [4.78, 5) is 27.6. The Morgan fingerprint density at radius 3 is 2.93 bits per heavy atom. The first-order valence-corrected chi connectivity index (χ1v) is 10.2. The number of aliphatic hydroxyl groups is 1. The Labute approximate surface area is 164 Å². The molecule has 2 aliphatic rings. The zero-order valence-electron chi connectivity index (χ0n) is 16.3. The molecule has 1 atom stereocenters. The standard InChI is InChI=1S/C20H27N5O3/c1-2-16-23-19(24-28-16)15-11-21-13-22-18(15)14-6-9-25(12-14)17(26)10-20(27)7-4-3-5-8-20/h11,13-14,27H,2-10,12H2,1H3/t14-/m1/s1. The molecule has 2 aromatic rings. The predicted octanol–water partition coefficient (Wildman–Crippen LogP) is 2.49. The van der Waals surface area contributed by atoms with Gasteiger partial charge in [0.05, 0.1) is 23.3 Å². The van der Waals surface area contributed by atoms with Crippen molar-refractivity contribution < 1.29 is 14.4 Å². The Kier molecular flexibility index (Phi) is 5.39. The molecule has 1 aliphatic carbocycles. The van der Waals surface area contributed by atoms with Gasteiger partial charge in [0.25, 0.3) is 0 Å². The number of carbonyl (C=O) groups excluding carboxylic acids is 1. The topological polar surface area (TPSA) is 105 Å². The molecule has 1 saturated heterocycles. The Hall–Kier alpha value is -2.35. The highest BCUT2D eigenvalue weighted by atomic mass is 16.5. The third-order valence-corrected chi connectivity index (χ3v) is 5.95. The fraction of sp³-hybridized carbons (Fsp3) is 0.650. The molecule has 28 heavy (non-hydrogen) atoms. The second-order valence-corrected chi connectivity index (χ2v) is 7.97. The Bertz CT molecular complexity index is 831. The molecule has 3 heterocycles. The number of hydrogen-bond donors (Lipinski definition) is 1. The molecule has 1 amide bonds. The summed E-state index contributed by atoms with van der Waals surface area (Å²) >= 11 is 0. The van der Waals surface area contributed by atoms with Crippen LogP contribution in [0.4, 0.5) is 0 Å². The molecule has 0 radical (unpaired) electrons. The minimum absolute atomic E-state index is 0.0373. The van der Waals surface area contributed by atoms with Crippen LogP contribution in [-0.4, -0.2) is 54.7 Å². The first-order valence-electron chi connectivity index (χ1n) is 10.2. The number of nitrogens with zero attached hydrogens (tertiary/aromatic N) is 5. The van der Waals surface area contributed by atoms with E-state index in [1.807, 2.05) is 11.8 Å². The van der Waals surface area contributed by atoms with Gasteiger partial charge in [-0.25, -0.2) is 9.97 Å². The van der Waals surface area contributed by atoms with E-state index in [1.165, 1.54) is 6.33 Å². The van der Waals surface area contributed by atoms with Gasteiger partial charge in [-0.2, -0.15) is 4.98 Å². The highest BCUT2D eigenvalue weighted by Gasteiger charge is 2.36. The fourth-order valence-electron chi connectivity index (χ4n) is 4.33. The molecule has 2 aromatic heterocycles.